The molecule has 2 N–H and O–H groups in total. The van der Waals surface area contributed by atoms with Gasteiger partial charge in [-0.15, -0.1) is 0 Å². The second-order valence-corrected chi connectivity index (χ2v) is 10.9. The Morgan fingerprint density at radius 3 is 2.27 bits per heavy atom. The normalized spacial score (nSPS) is 18.2. The summed E-state index contributed by atoms with van der Waals surface area (Å²) in [5.74, 6) is -0.989. The number of allylic oxidation sites excluding steroid dienone is 2. The summed E-state index contributed by atoms with van der Waals surface area (Å²) in [7, 11) is 2.81. The monoisotopic (exact) mass is 624 g/mol. The quantitative estimate of drug-likeness (QED) is 0.191. The maximum absolute atomic E-state index is 13.5. The van der Waals surface area contributed by atoms with E-state index in [1.54, 1.807) is 39.2 Å². The lowest BCUT2D eigenvalue weighted by Crippen LogP contribution is -2.49. The van der Waals surface area contributed by atoms with Gasteiger partial charge in [0.25, 0.3) is 5.69 Å². The molecular formula is C32H40N4O9. The Morgan fingerprint density at radius 2 is 1.62 bits per heavy atom. The number of non-ortho nitro benzene ring substituents is 1. The Hall–Kier alpha value is -4.46. The van der Waals surface area contributed by atoms with Crippen molar-refractivity contribution in [3.63, 3.8) is 0 Å². The van der Waals surface area contributed by atoms with Crippen LogP contribution in [0.2, 0.25) is 0 Å². The van der Waals surface area contributed by atoms with Gasteiger partial charge in [0.2, 0.25) is 0 Å². The third-order valence-corrected chi connectivity index (χ3v) is 7.87. The number of ether oxygens (including phenoxy) is 4. The van der Waals surface area contributed by atoms with Gasteiger partial charge in [0, 0.05) is 62.8 Å². The van der Waals surface area contributed by atoms with Gasteiger partial charge >= 0.3 is 11.9 Å². The molecule has 1 fully saturated rings. The molecule has 0 saturated carbocycles. The molecule has 2 atom stereocenters. The number of rotatable bonds is 13. The van der Waals surface area contributed by atoms with Crippen molar-refractivity contribution in [1.29, 1.82) is 0 Å². The van der Waals surface area contributed by atoms with E-state index < -0.39 is 28.9 Å². The molecule has 0 amide bonds. The lowest BCUT2D eigenvalue weighted by atomic mass is 9.80. The minimum atomic E-state index is -0.909. The standard InChI is InChI=1S/C32H40N4O9/c1-21-28(31(38)43-4)30(23-8-7-9-24(18-23)36(40)41)29(22(2)33-21)32(39)44-17-16-34-12-14-35(15-13-34)19-25(37)20-45-27-11-6-5-10-26(27)42-3/h5-11,18,25,30,33,37H,12-17,19-20H2,1-4H3. The van der Waals surface area contributed by atoms with Crippen LogP contribution in [-0.2, 0) is 19.1 Å². The number of piperazine rings is 1. The number of nitrogens with zero attached hydrogens (tertiary/aromatic N) is 3. The van der Waals surface area contributed by atoms with Gasteiger partial charge in [0.05, 0.1) is 36.2 Å². The van der Waals surface area contributed by atoms with Crippen LogP contribution >= 0.6 is 0 Å². The number of aliphatic hydroxyl groups is 1. The van der Waals surface area contributed by atoms with E-state index in [9.17, 15) is 24.8 Å². The Bertz CT molecular complexity index is 1450. The third kappa shape index (κ3) is 8.38. The van der Waals surface area contributed by atoms with Crippen LogP contribution in [0.5, 0.6) is 11.5 Å². The predicted molar refractivity (Wildman–Crippen MR) is 165 cm³/mol. The molecule has 13 heteroatoms. The van der Waals surface area contributed by atoms with Gasteiger partial charge in [-0.3, -0.25) is 19.9 Å². The van der Waals surface area contributed by atoms with Crippen LogP contribution in [0.15, 0.2) is 71.1 Å². The van der Waals surface area contributed by atoms with Crippen LogP contribution in [-0.4, -0.2) is 105 Å². The van der Waals surface area contributed by atoms with Crippen molar-refractivity contribution in [2.24, 2.45) is 0 Å². The third-order valence-electron chi connectivity index (χ3n) is 7.87. The fourth-order valence-electron chi connectivity index (χ4n) is 5.61. The number of methoxy groups -OCH3 is 2. The zero-order valence-corrected chi connectivity index (χ0v) is 26.0. The number of para-hydroxylation sites is 2. The highest BCUT2D eigenvalue weighted by Crippen LogP contribution is 2.40. The van der Waals surface area contributed by atoms with E-state index >= 15 is 0 Å². The van der Waals surface area contributed by atoms with Gasteiger partial charge in [-0.1, -0.05) is 24.3 Å². The number of hydrogen-bond acceptors (Lipinski definition) is 12. The number of esters is 2. The zero-order chi connectivity index (χ0) is 32.5. The number of nitro groups is 1. The lowest BCUT2D eigenvalue weighted by Gasteiger charge is -2.35. The molecule has 2 heterocycles. The van der Waals surface area contributed by atoms with Crippen LogP contribution in [0, 0.1) is 10.1 Å². The molecule has 45 heavy (non-hydrogen) atoms. The average molecular weight is 625 g/mol. The highest BCUT2D eigenvalue weighted by molar-refractivity contribution is 5.99. The first-order chi connectivity index (χ1) is 21.6. The van der Waals surface area contributed by atoms with E-state index in [1.165, 1.54) is 25.3 Å². The van der Waals surface area contributed by atoms with Gasteiger partial charge in [0.15, 0.2) is 11.5 Å². The SMILES string of the molecule is COC(=O)C1=C(C)NC(C)=C(C(=O)OCCN2CCN(CC(O)COc3ccccc3OC)CC2)C1c1cccc([N+](=O)[O-])c1. The largest absolute Gasteiger partial charge is 0.493 e. The van der Waals surface area contributed by atoms with Crippen molar-refractivity contribution in [2.75, 3.05) is 66.7 Å². The van der Waals surface area contributed by atoms with Crippen LogP contribution < -0.4 is 14.8 Å². The van der Waals surface area contributed by atoms with Crippen LogP contribution in [0.1, 0.15) is 25.3 Å². The van der Waals surface area contributed by atoms with Gasteiger partial charge in [-0.2, -0.15) is 0 Å². The fourth-order valence-corrected chi connectivity index (χ4v) is 5.61. The summed E-state index contributed by atoms with van der Waals surface area (Å²) in [6.45, 7) is 7.53. The number of nitrogens with one attached hydrogen (secondary N) is 1. The lowest BCUT2D eigenvalue weighted by molar-refractivity contribution is -0.384. The molecule has 1 saturated heterocycles. The molecule has 242 valence electrons. The van der Waals surface area contributed by atoms with E-state index in [1.807, 2.05) is 12.1 Å². The van der Waals surface area contributed by atoms with Crippen molar-refractivity contribution >= 4 is 17.6 Å². The van der Waals surface area contributed by atoms with Crippen molar-refractivity contribution in [2.45, 2.75) is 25.9 Å². The molecule has 2 aliphatic rings. The first-order valence-corrected chi connectivity index (χ1v) is 14.7. The predicted octanol–water partition coefficient (Wildman–Crippen LogP) is 2.61. The Kier molecular flexibility index (Phi) is 11.5. The summed E-state index contributed by atoms with van der Waals surface area (Å²) < 4.78 is 21.7. The molecule has 2 aromatic rings. The first-order valence-electron chi connectivity index (χ1n) is 14.7. The number of hydrogen-bond donors (Lipinski definition) is 2. The van der Waals surface area contributed by atoms with Crippen LogP contribution in [0.4, 0.5) is 5.69 Å². The minimum absolute atomic E-state index is 0.114. The summed E-state index contributed by atoms with van der Waals surface area (Å²) >= 11 is 0. The molecule has 0 radical (unpaired) electrons. The smallest absolute Gasteiger partial charge is 0.336 e. The number of β-amino-alcohol motifs (C(OH)–C–C–N with tert-alkyl or cyclic N) is 1. The number of benzene rings is 2. The first kappa shape index (κ1) is 33.4. The minimum Gasteiger partial charge on any atom is -0.493 e. The Labute approximate surface area is 262 Å². The number of carbonyl (C=O) groups excluding carboxylic acids is 2. The topological polar surface area (TPSA) is 153 Å². The molecule has 13 nitrogen and oxygen atoms in total. The maximum Gasteiger partial charge on any atom is 0.336 e. The number of carbonyl (C=O) groups is 2. The Morgan fingerprint density at radius 1 is 0.978 bits per heavy atom. The van der Waals surface area contributed by atoms with Gasteiger partial charge in [-0.05, 0) is 31.5 Å². The molecule has 4 rings (SSSR count). The van der Waals surface area contributed by atoms with Crippen molar-refractivity contribution in [3.05, 3.63) is 86.7 Å². The summed E-state index contributed by atoms with van der Waals surface area (Å²) in [5, 5.41) is 25.1. The van der Waals surface area contributed by atoms with Gasteiger partial charge in [-0.25, -0.2) is 9.59 Å². The molecule has 0 aromatic heterocycles. The van der Waals surface area contributed by atoms with Gasteiger partial charge < -0.3 is 29.4 Å². The molecule has 0 spiro atoms. The van der Waals surface area contributed by atoms with E-state index in [0.29, 0.717) is 41.5 Å². The summed E-state index contributed by atoms with van der Waals surface area (Å²) in [4.78, 5) is 41.6. The van der Waals surface area contributed by atoms with E-state index in [2.05, 4.69) is 15.1 Å². The molecule has 0 bridgehead atoms. The van der Waals surface area contributed by atoms with Crippen molar-refractivity contribution < 1.29 is 38.6 Å². The summed E-state index contributed by atoms with van der Waals surface area (Å²) in [5.41, 5.74) is 1.60. The Balaban J connectivity index is 1.31. The molecule has 0 aliphatic carbocycles. The highest BCUT2D eigenvalue weighted by atomic mass is 16.6. The molecule has 2 unspecified atom stereocenters. The number of aliphatic hydroxyl groups excluding tert-OH is 1. The summed E-state index contributed by atoms with van der Waals surface area (Å²) in [6.07, 6.45) is -0.672. The van der Waals surface area contributed by atoms with E-state index in [-0.39, 0.29) is 30.0 Å². The molecule has 2 aromatic carbocycles. The molecular weight excluding hydrogens is 584 g/mol. The maximum atomic E-state index is 13.5. The van der Waals surface area contributed by atoms with Crippen LogP contribution in [0.3, 0.4) is 0 Å². The zero-order valence-electron chi connectivity index (χ0n) is 26.0. The second-order valence-electron chi connectivity index (χ2n) is 10.9. The fraction of sp³-hybridized carbons (Fsp3) is 0.438. The number of nitro benzene ring substituents is 1. The second kappa shape index (κ2) is 15.5. The van der Waals surface area contributed by atoms with E-state index in [4.69, 9.17) is 18.9 Å². The molecule has 2 aliphatic heterocycles. The van der Waals surface area contributed by atoms with Gasteiger partial charge in [0.1, 0.15) is 19.3 Å². The number of dihydropyridines is 1. The van der Waals surface area contributed by atoms with Crippen molar-refractivity contribution in [3.8, 4) is 11.5 Å². The van der Waals surface area contributed by atoms with Crippen LogP contribution in [0.25, 0.3) is 0 Å². The highest BCUT2D eigenvalue weighted by Gasteiger charge is 2.38. The summed E-state index contributed by atoms with van der Waals surface area (Å²) in [6, 6.07) is 13.2. The van der Waals surface area contributed by atoms with E-state index in [0.717, 1.165) is 26.2 Å². The van der Waals surface area contributed by atoms with Crippen molar-refractivity contribution in [1.82, 2.24) is 15.1 Å². The average Bonchev–Trinajstić information content (AvgIpc) is 3.04.